The third-order valence-electron chi connectivity index (χ3n) is 3.51. The van der Waals surface area contributed by atoms with Crippen molar-refractivity contribution in [2.75, 3.05) is 6.73 Å². The van der Waals surface area contributed by atoms with Crippen LogP contribution in [0.1, 0.15) is 26.3 Å². The van der Waals surface area contributed by atoms with Gasteiger partial charge in [0, 0.05) is 6.54 Å². The third-order valence-corrected chi connectivity index (χ3v) is 7.99. The Hall–Kier alpha value is -0.643. The van der Waals surface area contributed by atoms with Crippen LogP contribution < -0.4 is 5.32 Å². The average Bonchev–Trinajstić information content (AvgIpc) is 2.24. The van der Waals surface area contributed by atoms with Gasteiger partial charge in [0.2, 0.25) is 0 Å². The number of rotatable bonds is 5. The van der Waals surface area contributed by atoms with Gasteiger partial charge in [-0.05, 0) is 23.7 Å². The van der Waals surface area contributed by atoms with Crippen molar-refractivity contribution in [2.45, 2.75) is 45.4 Å². The van der Waals surface area contributed by atoms with Crippen molar-refractivity contribution in [3.63, 3.8) is 0 Å². The van der Waals surface area contributed by atoms with E-state index in [0.717, 1.165) is 6.54 Å². The van der Waals surface area contributed by atoms with Gasteiger partial charge in [0.15, 0.2) is 8.32 Å². The third kappa shape index (κ3) is 4.62. The first-order valence-electron chi connectivity index (χ1n) is 6.21. The molecule has 0 unspecified atom stereocenters. The van der Waals surface area contributed by atoms with Crippen molar-refractivity contribution < 1.29 is 4.43 Å². The van der Waals surface area contributed by atoms with E-state index in [0.29, 0.717) is 6.73 Å². The largest absolute Gasteiger partial charge is 0.404 e. The Balaban J connectivity index is 2.30. The first-order valence-corrected chi connectivity index (χ1v) is 9.12. The van der Waals surface area contributed by atoms with E-state index in [1.807, 2.05) is 6.07 Å². The summed E-state index contributed by atoms with van der Waals surface area (Å²) >= 11 is 0. The van der Waals surface area contributed by atoms with Gasteiger partial charge in [-0.2, -0.15) is 0 Å². The first-order chi connectivity index (χ1) is 7.83. The highest BCUT2D eigenvalue weighted by Gasteiger charge is 2.36. The molecule has 2 nitrogen and oxygen atoms in total. The van der Waals surface area contributed by atoms with Gasteiger partial charge in [0.25, 0.3) is 0 Å². The van der Waals surface area contributed by atoms with Crippen molar-refractivity contribution in [3.05, 3.63) is 35.9 Å². The number of hydrogen-bond donors (Lipinski definition) is 1. The van der Waals surface area contributed by atoms with Gasteiger partial charge >= 0.3 is 0 Å². The molecule has 0 radical (unpaired) electrons. The minimum Gasteiger partial charge on any atom is -0.404 e. The van der Waals surface area contributed by atoms with Gasteiger partial charge in [0.05, 0.1) is 6.73 Å². The van der Waals surface area contributed by atoms with Gasteiger partial charge in [-0.25, -0.2) is 0 Å². The molecule has 1 N–H and O–H groups in total. The highest BCUT2D eigenvalue weighted by molar-refractivity contribution is 6.74. The molecular weight excluding hydrogens is 226 g/mol. The zero-order valence-electron chi connectivity index (χ0n) is 11.7. The summed E-state index contributed by atoms with van der Waals surface area (Å²) in [5, 5.41) is 3.62. The van der Waals surface area contributed by atoms with E-state index in [4.69, 9.17) is 4.43 Å². The van der Waals surface area contributed by atoms with E-state index < -0.39 is 8.32 Å². The van der Waals surface area contributed by atoms with Crippen molar-refractivity contribution in [3.8, 4) is 0 Å². The van der Waals surface area contributed by atoms with Gasteiger partial charge in [-0.3, -0.25) is 5.32 Å². The standard InChI is InChI=1S/C14H25NOSi/c1-14(2,3)17(4,5)16-12-15-11-13-9-7-6-8-10-13/h6-10,15H,11-12H2,1-5H3. The second-order valence-corrected chi connectivity index (χ2v) is 10.8. The molecule has 0 aliphatic rings. The molecule has 1 aromatic rings. The van der Waals surface area contributed by atoms with Crippen LogP contribution >= 0.6 is 0 Å². The van der Waals surface area contributed by atoms with Gasteiger partial charge in [0.1, 0.15) is 0 Å². The Morgan fingerprint density at radius 2 is 1.71 bits per heavy atom. The van der Waals surface area contributed by atoms with Crippen LogP contribution in [0.2, 0.25) is 18.1 Å². The van der Waals surface area contributed by atoms with Crippen molar-refractivity contribution in [1.29, 1.82) is 0 Å². The smallest absolute Gasteiger partial charge is 0.193 e. The first kappa shape index (κ1) is 14.4. The van der Waals surface area contributed by atoms with E-state index in [9.17, 15) is 0 Å². The Bertz CT molecular complexity index is 330. The molecular formula is C14H25NOSi. The topological polar surface area (TPSA) is 21.3 Å². The number of hydrogen-bond acceptors (Lipinski definition) is 2. The zero-order valence-corrected chi connectivity index (χ0v) is 12.7. The number of benzene rings is 1. The summed E-state index contributed by atoms with van der Waals surface area (Å²) in [6.07, 6.45) is 0. The highest BCUT2D eigenvalue weighted by atomic mass is 28.4. The van der Waals surface area contributed by atoms with E-state index >= 15 is 0 Å². The Kier molecular flexibility index (Phi) is 4.92. The minimum atomic E-state index is -1.61. The maximum Gasteiger partial charge on any atom is 0.193 e. The molecule has 0 saturated heterocycles. The molecule has 3 heteroatoms. The van der Waals surface area contributed by atoms with Crippen LogP contribution in [0.5, 0.6) is 0 Å². The molecule has 0 atom stereocenters. The lowest BCUT2D eigenvalue weighted by Gasteiger charge is -2.36. The normalized spacial score (nSPS) is 12.8. The minimum absolute atomic E-state index is 0.279. The van der Waals surface area contributed by atoms with E-state index in [1.165, 1.54) is 5.56 Å². The maximum atomic E-state index is 6.04. The van der Waals surface area contributed by atoms with Crippen molar-refractivity contribution >= 4 is 8.32 Å². The van der Waals surface area contributed by atoms with Crippen LogP contribution in [0, 0.1) is 0 Å². The SMILES string of the molecule is CC(C)(C)[Si](C)(C)OCNCc1ccccc1. The molecule has 0 spiro atoms. The van der Waals surface area contributed by atoms with Crippen LogP contribution in [0.15, 0.2) is 30.3 Å². The number of nitrogens with one attached hydrogen (secondary N) is 1. The Labute approximate surface area is 107 Å². The fourth-order valence-corrected chi connectivity index (χ4v) is 2.14. The van der Waals surface area contributed by atoms with Gasteiger partial charge in [-0.15, -0.1) is 0 Å². The van der Waals surface area contributed by atoms with E-state index in [1.54, 1.807) is 0 Å². The lowest BCUT2D eigenvalue weighted by Crippen LogP contribution is -2.43. The summed E-state index contributed by atoms with van der Waals surface area (Å²) in [5.74, 6) is 0. The summed E-state index contributed by atoms with van der Waals surface area (Å²) in [7, 11) is -1.61. The van der Waals surface area contributed by atoms with Crippen molar-refractivity contribution in [2.24, 2.45) is 0 Å². The van der Waals surface area contributed by atoms with Crippen LogP contribution in [-0.4, -0.2) is 15.0 Å². The second kappa shape index (κ2) is 5.80. The van der Waals surface area contributed by atoms with Crippen LogP contribution in [0.25, 0.3) is 0 Å². The fourth-order valence-electron chi connectivity index (χ4n) is 1.24. The highest BCUT2D eigenvalue weighted by Crippen LogP contribution is 2.36. The molecule has 1 rings (SSSR count). The molecule has 96 valence electrons. The van der Waals surface area contributed by atoms with Crippen molar-refractivity contribution in [1.82, 2.24) is 5.32 Å². The maximum absolute atomic E-state index is 6.04. The second-order valence-electron chi connectivity index (χ2n) is 5.96. The van der Waals surface area contributed by atoms with E-state index in [2.05, 4.69) is 63.4 Å². The van der Waals surface area contributed by atoms with Crippen LogP contribution in [0.3, 0.4) is 0 Å². The molecule has 0 aliphatic heterocycles. The van der Waals surface area contributed by atoms with Crippen LogP contribution in [-0.2, 0) is 11.0 Å². The van der Waals surface area contributed by atoms with E-state index in [-0.39, 0.29) is 5.04 Å². The zero-order chi connectivity index (χ0) is 12.9. The molecule has 17 heavy (non-hydrogen) atoms. The molecule has 0 saturated carbocycles. The predicted molar refractivity (Wildman–Crippen MR) is 76.4 cm³/mol. The summed E-state index contributed by atoms with van der Waals surface area (Å²) in [6, 6.07) is 10.4. The molecule has 0 heterocycles. The summed E-state index contributed by atoms with van der Waals surface area (Å²) in [6.45, 7) is 12.8. The quantitative estimate of drug-likeness (QED) is 0.489. The average molecular weight is 251 g/mol. The molecule has 0 aromatic heterocycles. The summed E-state index contributed by atoms with van der Waals surface area (Å²) in [5.41, 5.74) is 1.30. The van der Waals surface area contributed by atoms with Gasteiger partial charge in [-0.1, -0.05) is 51.1 Å². The predicted octanol–water partition coefficient (Wildman–Crippen LogP) is 3.76. The monoisotopic (exact) mass is 251 g/mol. The molecule has 0 fully saturated rings. The molecule has 0 bridgehead atoms. The fraction of sp³-hybridized carbons (Fsp3) is 0.571. The van der Waals surface area contributed by atoms with Gasteiger partial charge < -0.3 is 4.43 Å². The Morgan fingerprint density at radius 3 is 2.24 bits per heavy atom. The lowest BCUT2D eigenvalue weighted by molar-refractivity contribution is 0.257. The Morgan fingerprint density at radius 1 is 1.12 bits per heavy atom. The summed E-state index contributed by atoms with van der Waals surface area (Å²) in [4.78, 5) is 0. The lowest BCUT2D eigenvalue weighted by atomic mass is 10.2. The molecule has 0 amide bonds. The molecule has 0 aliphatic carbocycles. The van der Waals surface area contributed by atoms with Crippen LogP contribution in [0.4, 0.5) is 0 Å². The molecule has 1 aromatic carbocycles. The summed E-state index contributed by atoms with van der Waals surface area (Å²) < 4.78 is 6.04.